The van der Waals surface area contributed by atoms with E-state index >= 15 is 0 Å². The van der Waals surface area contributed by atoms with Crippen molar-refractivity contribution in [3.63, 3.8) is 0 Å². The Morgan fingerprint density at radius 2 is 1.87 bits per heavy atom. The van der Waals surface area contributed by atoms with Crippen LogP contribution < -0.4 is 15.4 Å². The Labute approximate surface area is 134 Å². The molecule has 0 aliphatic carbocycles. The summed E-state index contributed by atoms with van der Waals surface area (Å²) < 4.78 is 36.1. The van der Waals surface area contributed by atoms with E-state index in [4.69, 9.17) is 9.29 Å². The van der Waals surface area contributed by atoms with Gasteiger partial charge in [0, 0.05) is 12.2 Å². The van der Waals surface area contributed by atoms with E-state index in [1.165, 1.54) is 24.3 Å². The average Bonchev–Trinajstić information content (AvgIpc) is 2.53. The summed E-state index contributed by atoms with van der Waals surface area (Å²) in [5.41, 5.74) is 1.14. The Morgan fingerprint density at radius 1 is 1.17 bits per heavy atom. The first-order valence-electron chi connectivity index (χ1n) is 6.64. The Balaban J connectivity index is 1.94. The molecule has 0 bridgehead atoms. The Kier molecular flexibility index (Phi) is 5.20. The number of benzene rings is 2. The molecule has 2 aromatic carbocycles. The number of ether oxygens (including phenoxy) is 1. The van der Waals surface area contributed by atoms with Crippen LogP contribution in [0.2, 0.25) is 0 Å². The fraction of sp³-hybridized carbons (Fsp3) is 0.133. The highest BCUT2D eigenvalue weighted by Gasteiger charge is 2.10. The summed E-state index contributed by atoms with van der Waals surface area (Å²) in [6.07, 6.45) is 0. The van der Waals surface area contributed by atoms with Gasteiger partial charge in [-0.3, -0.25) is 4.55 Å². The third-order valence-electron chi connectivity index (χ3n) is 3.00. The molecular formula is C15H16N2O5S. The van der Waals surface area contributed by atoms with E-state index < -0.39 is 16.1 Å². The molecule has 0 radical (unpaired) electrons. The third-order valence-corrected chi connectivity index (χ3v) is 3.85. The van der Waals surface area contributed by atoms with E-state index in [1.807, 2.05) is 12.1 Å². The zero-order valence-corrected chi connectivity index (χ0v) is 13.1. The summed E-state index contributed by atoms with van der Waals surface area (Å²) in [6.45, 7) is 0.299. The third kappa shape index (κ3) is 4.97. The molecule has 0 saturated heterocycles. The fourth-order valence-electron chi connectivity index (χ4n) is 1.84. The second kappa shape index (κ2) is 7.12. The van der Waals surface area contributed by atoms with Gasteiger partial charge in [0.1, 0.15) is 5.75 Å². The SMILES string of the molecule is COc1ccc(CNC(=O)Nc2cccc(S(=O)(=O)O)c2)cc1. The molecule has 122 valence electrons. The maximum Gasteiger partial charge on any atom is 0.319 e. The van der Waals surface area contributed by atoms with Crippen molar-refractivity contribution in [3.05, 3.63) is 54.1 Å². The van der Waals surface area contributed by atoms with E-state index in [2.05, 4.69) is 10.6 Å². The largest absolute Gasteiger partial charge is 0.497 e. The van der Waals surface area contributed by atoms with Crippen molar-refractivity contribution in [2.24, 2.45) is 0 Å². The molecule has 0 aliphatic heterocycles. The molecule has 0 heterocycles. The summed E-state index contributed by atoms with van der Waals surface area (Å²) in [7, 11) is -2.74. The molecule has 3 N–H and O–H groups in total. The van der Waals surface area contributed by atoms with Crippen LogP contribution in [0, 0.1) is 0 Å². The standard InChI is InChI=1S/C15H16N2O5S/c1-22-13-7-5-11(6-8-13)10-16-15(18)17-12-3-2-4-14(9-12)23(19,20)21/h2-9H,10H2,1H3,(H2,16,17,18)(H,19,20,21). The van der Waals surface area contributed by atoms with Crippen molar-refractivity contribution in [1.82, 2.24) is 5.32 Å². The van der Waals surface area contributed by atoms with Crippen LogP contribution >= 0.6 is 0 Å². The van der Waals surface area contributed by atoms with Gasteiger partial charge in [-0.25, -0.2) is 4.79 Å². The van der Waals surface area contributed by atoms with Crippen LogP contribution in [-0.4, -0.2) is 26.1 Å². The lowest BCUT2D eigenvalue weighted by atomic mass is 10.2. The second-order valence-corrected chi connectivity index (χ2v) is 6.08. The Bertz CT molecular complexity index is 788. The summed E-state index contributed by atoms with van der Waals surface area (Å²) in [5.74, 6) is 0.722. The van der Waals surface area contributed by atoms with Gasteiger partial charge in [0.25, 0.3) is 10.1 Å². The van der Waals surface area contributed by atoms with Gasteiger partial charge in [0.05, 0.1) is 12.0 Å². The van der Waals surface area contributed by atoms with Crippen molar-refractivity contribution in [2.45, 2.75) is 11.4 Å². The first-order valence-corrected chi connectivity index (χ1v) is 8.08. The van der Waals surface area contributed by atoms with E-state index in [-0.39, 0.29) is 10.6 Å². The molecule has 0 aliphatic rings. The fourth-order valence-corrected chi connectivity index (χ4v) is 2.36. The van der Waals surface area contributed by atoms with Gasteiger partial charge in [0.2, 0.25) is 0 Å². The lowest BCUT2D eigenvalue weighted by molar-refractivity contribution is 0.251. The number of nitrogens with one attached hydrogen (secondary N) is 2. The summed E-state index contributed by atoms with van der Waals surface area (Å²) in [5, 5.41) is 5.14. The number of carbonyl (C=O) groups excluding carboxylic acids is 1. The van der Waals surface area contributed by atoms with Crippen LogP contribution in [0.1, 0.15) is 5.56 Å². The molecule has 0 aromatic heterocycles. The number of rotatable bonds is 5. The molecule has 0 unspecified atom stereocenters. The van der Waals surface area contributed by atoms with Gasteiger partial charge in [-0.05, 0) is 35.9 Å². The summed E-state index contributed by atoms with van der Waals surface area (Å²) in [6, 6.07) is 12.0. The minimum absolute atomic E-state index is 0.257. The molecule has 23 heavy (non-hydrogen) atoms. The van der Waals surface area contributed by atoms with Crippen LogP contribution in [0.4, 0.5) is 10.5 Å². The predicted molar refractivity (Wildman–Crippen MR) is 85.1 cm³/mol. The minimum atomic E-state index is -4.31. The van der Waals surface area contributed by atoms with Crippen LogP contribution in [0.5, 0.6) is 5.75 Å². The van der Waals surface area contributed by atoms with Crippen LogP contribution in [0.25, 0.3) is 0 Å². The van der Waals surface area contributed by atoms with Crippen LogP contribution in [0.15, 0.2) is 53.4 Å². The Morgan fingerprint density at radius 3 is 2.48 bits per heavy atom. The highest BCUT2D eigenvalue weighted by Crippen LogP contribution is 2.15. The molecule has 2 rings (SSSR count). The van der Waals surface area contributed by atoms with Crippen molar-refractivity contribution in [2.75, 3.05) is 12.4 Å². The lowest BCUT2D eigenvalue weighted by Gasteiger charge is -2.09. The van der Waals surface area contributed by atoms with E-state index in [0.29, 0.717) is 6.54 Å². The van der Waals surface area contributed by atoms with Gasteiger partial charge in [-0.15, -0.1) is 0 Å². The molecule has 7 nitrogen and oxygen atoms in total. The summed E-state index contributed by atoms with van der Waals surface area (Å²) in [4.78, 5) is 11.5. The molecule has 2 amide bonds. The van der Waals surface area contributed by atoms with Crippen LogP contribution in [0.3, 0.4) is 0 Å². The monoisotopic (exact) mass is 336 g/mol. The minimum Gasteiger partial charge on any atom is -0.497 e. The normalized spacial score (nSPS) is 10.9. The quantitative estimate of drug-likeness (QED) is 0.727. The van der Waals surface area contributed by atoms with E-state index in [1.54, 1.807) is 19.2 Å². The smallest absolute Gasteiger partial charge is 0.319 e. The van der Waals surface area contributed by atoms with Crippen molar-refractivity contribution >= 4 is 21.8 Å². The molecule has 0 saturated carbocycles. The number of anilines is 1. The van der Waals surface area contributed by atoms with Crippen molar-refractivity contribution < 1.29 is 22.5 Å². The van der Waals surface area contributed by atoms with Gasteiger partial charge in [-0.1, -0.05) is 18.2 Å². The highest BCUT2D eigenvalue weighted by atomic mass is 32.2. The van der Waals surface area contributed by atoms with E-state index in [0.717, 1.165) is 11.3 Å². The van der Waals surface area contributed by atoms with Gasteiger partial charge < -0.3 is 15.4 Å². The average molecular weight is 336 g/mol. The number of hydrogen-bond acceptors (Lipinski definition) is 4. The predicted octanol–water partition coefficient (Wildman–Crippen LogP) is 2.26. The number of carbonyl (C=O) groups is 1. The van der Waals surface area contributed by atoms with Gasteiger partial charge >= 0.3 is 6.03 Å². The number of urea groups is 1. The molecule has 0 atom stereocenters. The highest BCUT2D eigenvalue weighted by molar-refractivity contribution is 7.85. The molecule has 2 aromatic rings. The number of amides is 2. The first kappa shape index (κ1) is 16.8. The lowest BCUT2D eigenvalue weighted by Crippen LogP contribution is -2.28. The van der Waals surface area contributed by atoms with Gasteiger partial charge in [-0.2, -0.15) is 8.42 Å². The van der Waals surface area contributed by atoms with E-state index in [9.17, 15) is 13.2 Å². The number of methoxy groups -OCH3 is 1. The number of hydrogen-bond donors (Lipinski definition) is 3. The van der Waals surface area contributed by atoms with Gasteiger partial charge in [0.15, 0.2) is 0 Å². The molecule has 0 spiro atoms. The Hall–Kier alpha value is -2.58. The molecule has 8 heteroatoms. The molecule has 0 fully saturated rings. The maximum atomic E-state index is 11.8. The zero-order valence-electron chi connectivity index (χ0n) is 12.3. The van der Waals surface area contributed by atoms with Crippen molar-refractivity contribution in [1.29, 1.82) is 0 Å². The topological polar surface area (TPSA) is 105 Å². The second-order valence-electron chi connectivity index (χ2n) is 4.66. The van der Waals surface area contributed by atoms with Crippen molar-refractivity contribution in [3.8, 4) is 5.75 Å². The zero-order chi connectivity index (χ0) is 16.9. The van der Waals surface area contributed by atoms with Crippen LogP contribution in [-0.2, 0) is 16.7 Å². The molecular weight excluding hydrogens is 320 g/mol. The first-order chi connectivity index (χ1) is 10.9. The maximum absolute atomic E-state index is 11.8. The summed E-state index contributed by atoms with van der Waals surface area (Å²) >= 11 is 0.